The molecule has 1 aliphatic heterocycles. The lowest BCUT2D eigenvalue weighted by Gasteiger charge is -2.36. The van der Waals surface area contributed by atoms with E-state index >= 15 is 0 Å². The van der Waals surface area contributed by atoms with Crippen molar-refractivity contribution < 1.29 is 9.59 Å². The number of nitrogens with one attached hydrogen (secondary N) is 2. The standard InChI is InChI=1S/C28H32N4O2/c1-3-22-7-5-9-25(19-22)30-28(34)29-24-10-12-26(13-11-24)31-14-16-32(17-15-31)27(33)20-23-8-4-6-21(2)18-23/h4-13,18-19H,3,14-17,20H2,1-2H3,(H2,29,30,34). The normalized spacial score (nSPS) is 13.5. The third-order valence-electron chi connectivity index (χ3n) is 6.15. The van der Waals surface area contributed by atoms with Crippen LogP contribution in [0, 0.1) is 6.92 Å². The van der Waals surface area contributed by atoms with Gasteiger partial charge in [0, 0.05) is 43.2 Å². The van der Waals surface area contributed by atoms with Gasteiger partial charge >= 0.3 is 6.03 Å². The zero-order valence-electron chi connectivity index (χ0n) is 19.9. The SMILES string of the molecule is CCc1cccc(NC(=O)Nc2ccc(N3CCN(C(=O)Cc4cccc(C)c4)CC3)cc2)c1. The minimum absolute atomic E-state index is 0.181. The van der Waals surface area contributed by atoms with Crippen molar-refractivity contribution in [3.63, 3.8) is 0 Å². The number of benzene rings is 3. The summed E-state index contributed by atoms with van der Waals surface area (Å²) in [5, 5.41) is 5.77. The molecule has 0 aliphatic carbocycles. The van der Waals surface area contributed by atoms with Crippen molar-refractivity contribution in [3.8, 4) is 0 Å². The number of hydrogen-bond donors (Lipinski definition) is 2. The third-order valence-corrected chi connectivity index (χ3v) is 6.15. The van der Waals surface area contributed by atoms with Crippen LogP contribution >= 0.6 is 0 Å². The van der Waals surface area contributed by atoms with Crippen molar-refractivity contribution in [2.75, 3.05) is 41.7 Å². The Hall–Kier alpha value is -3.80. The fourth-order valence-electron chi connectivity index (χ4n) is 4.24. The molecule has 6 nitrogen and oxygen atoms in total. The van der Waals surface area contributed by atoms with Crippen LogP contribution in [0.15, 0.2) is 72.8 Å². The summed E-state index contributed by atoms with van der Waals surface area (Å²) in [4.78, 5) is 29.3. The van der Waals surface area contributed by atoms with E-state index < -0.39 is 0 Å². The molecule has 0 atom stereocenters. The number of hydrogen-bond acceptors (Lipinski definition) is 3. The van der Waals surface area contributed by atoms with Gasteiger partial charge in [0.05, 0.1) is 6.42 Å². The Morgan fingerprint density at radius 1 is 0.794 bits per heavy atom. The Morgan fingerprint density at radius 3 is 2.18 bits per heavy atom. The van der Waals surface area contributed by atoms with Gasteiger partial charge in [-0.3, -0.25) is 4.79 Å². The molecule has 2 N–H and O–H groups in total. The molecule has 0 unspecified atom stereocenters. The van der Waals surface area contributed by atoms with E-state index in [1.165, 1.54) is 11.1 Å². The fourth-order valence-corrected chi connectivity index (χ4v) is 4.24. The average molecular weight is 457 g/mol. The van der Waals surface area contributed by atoms with E-state index in [4.69, 9.17) is 0 Å². The topological polar surface area (TPSA) is 64.7 Å². The minimum atomic E-state index is -0.262. The van der Waals surface area contributed by atoms with Crippen molar-refractivity contribution >= 4 is 29.0 Å². The molecule has 0 spiro atoms. The van der Waals surface area contributed by atoms with Crippen LogP contribution in [0.2, 0.25) is 0 Å². The Kier molecular flexibility index (Phi) is 7.48. The molecular formula is C28H32N4O2. The maximum Gasteiger partial charge on any atom is 0.323 e. The molecule has 1 fully saturated rings. The second-order valence-corrected chi connectivity index (χ2v) is 8.71. The molecule has 4 rings (SSSR count). The average Bonchev–Trinajstić information content (AvgIpc) is 2.84. The number of carbonyl (C=O) groups excluding carboxylic acids is 2. The molecule has 1 aliphatic rings. The number of urea groups is 1. The molecule has 1 heterocycles. The van der Waals surface area contributed by atoms with E-state index in [-0.39, 0.29) is 11.9 Å². The predicted molar refractivity (Wildman–Crippen MR) is 139 cm³/mol. The maximum atomic E-state index is 12.7. The lowest BCUT2D eigenvalue weighted by molar-refractivity contribution is -0.130. The van der Waals surface area contributed by atoms with Crippen molar-refractivity contribution in [1.82, 2.24) is 4.90 Å². The van der Waals surface area contributed by atoms with Gasteiger partial charge in [-0.1, -0.05) is 48.9 Å². The van der Waals surface area contributed by atoms with Gasteiger partial charge in [-0.25, -0.2) is 4.79 Å². The Balaban J connectivity index is 1.26. The first kappa shape index (κ1) is 23.4. The second kappa shape index (κ2) is 10.9. The minimum Gasteiger partial charge on any atom is -0.368 e. The summed E-state index contributed by atoms with van der Waals surface area (Å²) in [7, 11) is 0. The number of rotatable bonds is 6. The quantitative estimate of drug-likeness (QED) is 0.543. The summed E-state index contributed by atoms with van der Waals surface area (Å²) in [6, 6.07) is 23.6. The van der Waals surface area contributed by atoms with Crippen molar-refractivity contribution in [2.24, 2.45) is 0 Å². The zero-order chi connectivity index (χ0) is 23.9. The predicted octanol–water partition coefficient (Wildman–Crippen LogP) is 5.09. The molecule has 34 heavy (non-hydrogen) atoms. The van der Waals surface area contributed by atoms with Gasteiger partial charge in [0.15, 0.2) is 0 Å². The van der Waals surface area contributed by atoms with Gasteiger partial charge in [0.1, 0.15) is 0 Å². The summed E-state index contributed by atoms with van der Waals surface area (Å²) in [5.41, 5.74) is 6.03. The third kappa shape index (κ3) is 6.16. The molecule has 0 bridgehead atoms. The fraction of sp³-hybridized carbons (Fsp3) is 0.286. The van der Waals surface area contributed by atoms with Crippen LogP contribution in [-0.4, -0.2) is 43.0 Å². The number of nitrogens with zero attached hydrogens (tertiary/aromatic N) is 2. The summed E-state index contributed by atoms with van der Waals surface area (Å²) < 4.78 is 0. The van der Waals surface area contributed by atoms with E-state index in [2.05, 4.69) is 28.5 Å². The lowest BCUT2D eigenvalue weighted by atomic mass is 10.1. The van der Waals surface area contributed by atoms with Crippen LogP contribution in [0.5, 0.6) is 0 Å². The first-order valence-corrected chi connectivity index (χ1v) is 11.9. The van der Waals surface area contributed by atoms with Gasteiger partial charge in [-0.15, -0.1) is 0 Å². The molecule has 3 aromatic carbocycles. The van der Waals surface area contributed by atoms with Gasteiger partial charge in [0.25, 0.3) is 0 Å². The molecule has 1 saturated heterocycles. The first-order valence-electron chi connectivity index (χ1n) is 11.9. The van der Waals surface area contributed by atoms with Gasteiger partial charge in [-0.05, 0) is 60.9 Å². The Bertz CT molecular complexity index is 1140. The largest absolute Gasteiger partial charge is 0.368 e. The number of carbonyl (C=O) groups is 2. The van der Waals surface area contributed by atoms with E-state index in [9.17, 15) is 9.59 Å². The summed E-state index contributed by atoms with van der Waals surface area (Å²) in [5.74, 6) is 0.181. The van der Waals surface area contributed by atoms with Crippen molar-refractivity contribution in [1.29, 1.82) is 0 Å². The highest BCUT2D eigenvalue weighted by Crippen LogP contribution is 2.20. The van der Waals surface area contributed by atoms with Crippen LogP contribution < -0.4 is 15.5 Å². The van der Waals surface area contributed by atoms with Crippen LogP contribution in [-0.2, 0) is 17.6 Å². The van der Waals surface area contributed by atoms with Crippen molar-refractivity contribution in [2.45, 2.75) is 26.7 Å². The van der Waals surface area contributed by atoms with E-state index in [1.54, 1.807) is 0 Å². The molecule has 6 heteroatoms. The molecule has 3 aromatic rings. The van der Waals surface area contributed by atoms with Gasteiger partial charge < -0.3 is 20.4 Å². The van der Waals surface area contributed by atoms with Crippen LogP contribution in [0.3, 0.4) is 0 Å². The van der Waals surface area contributed by atoms with Crippen LogP contribution in [0.1, 0.15) is 23.6 Å². The molecule has 176 valence electrons. The second-order valence-electron chi connectivity index (χ2n) is 8.71. The highest BCUT2D eigenvalue weighted by Gasteiger charge is 2.21. The Labute approximate surface area is 201 Å². The summed E-state index contributed by atoms with van der Waals surface area (Å²) >= 11 is 0. The Morgan fingerprint density at radius 2 is 1.47 bits per heavy atom. The monoisotopic (exact) mass is 456 g/mol. The molecule has 0 saturated carbocycles. The van der Waals surface area contributed by atoms with E-state index in [1.807, 2.05) is 78.6 Å². The molecular weight excluding hydrogens is 424 g/mol. The van der Waals surface area contributed by atoms with Gasteiger partial charge in [0.2, 0.25) is 5.91 Å². The molecule has 0 aromatic heterocycles. The summed E-state index contributed by atoms with van der Waals surface area (Å²) in [6.07, 6.45) is 1.38. The number of aryl methyl sites for hydroxylation is 2. The molecule has 3 amide bonds. The van der Waals surface area contributed by atoms with Crippen LogP contribution in [0.4, 0.5) is 21.9 Å². The van der Waals surface area contributed by atoms with Gasteiger partial charge in [-0.2, -0.15) is 0 Å². The van der Waals surface area contributed by atoms with E-state index in [0.717, 1.165) is 42.1 Å². The zero-order valence-corrected chi connectivity index (χ0v) is 19.9. The number of amides is 3. The van der Waals surface area contributed by atoms with E-state index in [0.29, 0.717) is 19.5 Å². The maximum absolute atomic E-state index is 12.7. The number of piperazine rings is 1. The lowest BCUT2D eigenvalue weighted by Crippen LogP contribution is -2.49. The molecule has 0 radical (unpaired) electrons. The smallest absolute Gasteiger partial charge is 0.323 e. The van der Waals surface area contributed by atoms with Crippen LogP contribution in [0.25, 0.3) is 0 Å². The number of anilines is 3. The van der Waals surface area contributed by atoms with Crippen molar-refractivity contribution in [3.05, 3.63) is 89.5 Å². The highest BCUT2D eigenvalue weighted by atomic mass is 16.2. The highest BCUT2D eigenvalue weighted by molar-refractivity contribution is 5.99. The summed E-state index contributed by atoms with van der Waals surface area (Å²) in [6.45, 7) is 7.14. The first-order chi connectivity index (χ1) is 16.5.